The predicted molar refractivity (Wildman–Crippen MR) is 77.5 cm³/mol. The summed E-state index contributed by atoms with van der Waals surface area (Å²) >= 11 is 0. The molecule has 0 unspecified atom stereocenters. The third-order valence-corrected chi connectivity index (χ3v) is 3.34. The third-order valence-electron chi connectivity index (χ3n) is 3.34. The minimum absolute atomic E-state index is 0.196. The molecule has 110 valence electrons. The minimum atomic E-state index is -0.305. The smallest absolute Gasteiger partial charge is 0.276 e. The Labute approximate surface area is 121 Å². The number of aryl methyl sites for hydroxylation is 2. The molecule has 0 aliphatic carbocycles. The van der Waals surface area contributed by atoms with Crippen LogP contribution in [0.2, 0.25) is 0 Å². The van der Waals surface area contributed by atoms with Crippen LogP contribution >= 0.6 is 0 Å². The zero-order valence-corrected chi connectivity index (χ0v) is 11.8. The topological polar surface area (TPSA) is 91.4 Å². The van der Waals surface area contributed by atoms with E-state index < -0.39 is 0 Å². The summed E-state index contributed by atoms with van der Waals surface area (Å²) in [5.74, 6) is 0.974. The van der Waals surface area contributed by atoms with E-state index in [1.54, 1.807) is 25.2 Å². The molecule has 0 saturated heterocycles. The Balaban J connectivity index is 1.85. The molecule has 3 rings (SSSR count). The number of nitrogens with one attached hydrogen (secondary N) is 1. The summed E-state index contributed by atoms with van der Waals surface area (Å²) in [4.78, 5) is 12.4. The lowest BCUT2D eigenvalue weighted by Gasteiger charge is -2.07. The van der Waals surface area contributed by atoms with Gasteiger partial charge in [-0.25, -0.2) is 0 Å². The Morgan fingerprint density at radius 2 is 2.19 bits per heavy atom. The summed E-state index contributed by atoms with van der Waals surface area (Å²) in [5.41, 5.74) is 8.07. The molecule has 1 aromatic carbocycles. The van der Waals surface area contributed by atoms with Crippen molar-refractivity contribution in [2.24, 2.45) is 7.05 Å². The van der Waals surface area contributed by atoms with Gasteiger partial charge < -0.3 is 20.5 Å². The van der Waals surface area contributed by atoms with Crippen molar-refractivity contribution >= 4 is 17.3 Å². The Morgan fingerprint density at radius 3 is 2.90 bits per heavy atom. The van der Waals surface area contributed by atoms with Crippen molar-refractivity contribution < 1.29 is 14.3 Å². The van der Waals surface area contributed by atoms with Crippen LogP contribution < -0.4 is 20.5 Å². The average Bonchev–Trinajstić information content (AvgIpc) is 3.02. The van der Waals surface area contributed by atoms with Crippen molar-refractivity contribution in [3.63, 3.8) is 0 Å². The molecule has 0 fully saturated rings. The van der Waals surface area contributed by atoms with E-state index in [4.69, 9.17) is 15.2 Å². The second-order valence-electron chi connectivity index (χ2n) is 4.71. The number of anilines is 2. The highest BCUT2D eigenvalue weighted by Crippen LogP contribution is 2.34. The van der Waals surface area contributed by atoms with Crippen LogP contribution in [-0.4, -0.2) is 22.5 Å². The number of hydrogen-bond donors (Lipinski definition) is 2. The molecule has 0 radical (unpaired) electrons. The van der Waals surface area contributed by atoms with Crippen LogP contribution in [0.5, 0.6) is 11.5 Å². The van der Waals surface area contributed by atoms with Gasteiger partial charge in [-0.1, -0.05) is 6.92 Å². The maximum Gasteiger partial charge on any atom is 0.276 e. The van der Waals surface area contributed by atoms with E-state index in [1.807, 2.05) is 6.92 Å². The first-order valence-corrected chi connectivity index (χ1v) is 6.62. The number of nitrogens with two attached hydrogens (primary N) is 1. The maximum absolute atomic E-state index is 12.4. The second kappa shape index (κ2) is 5.01. The molecule has 3 N–H and O–H groups in total. The van der Waals surface area contributed by atoms with Gasteiger partial charge in [-0.2, -0.15) is 5.10 Å². The predicted octanol–water partition coefficient (Wildman–Crippen LogP) is 1.55. The van der Waals surface area contributed by atoms with Gasteiger partial charge in [0.1, 0.15) is 5.69 Å². The van der Waals surface area contributed by atoms with Crippen LogP contribution in [0.15, 0.2) is 18.2 Å². The van der Waals surface area contributed by atoms with Crippen molar-refractivity contribution in [3.05, 3.63) is 29.6 Å². The van der Waals surface area contributed by atoms with Gasteiger partial charge in [0, 0.05) is 18.8 Å². The number of carbonyl (C=O) groups excluding carboxylic acids is 1. The number of nitrogen functional groups attached to an aromatic ring is 1. The van der Waals surface area contributed by atoms with Crippen LogP contribution in [0.4, 0.5) is 11.4 Å². The molecule has 1 aromatic heterocycles. The van der Waals surface area contributed by atoms with E-state index >= 15 is 0 Å². The van der Waals surface area contributed by atoms with Crippen molar-refractivity contribution in [1.29, 1.82) is 0 Å². The van der Waals surface area contributed by atoms with Gasteiger partial charge in [0.25, 0.3) is 5.91 Å². The van der Waals surface area contributed by atoms with Gasteiger partial charge in [-0.05, 0) is 18.6 Å². The first-order chi connectivity index (χ1) is 10.1. The minimum Gasteiger partial charge on any atom is -0.454 e. The number of hydrogen-bond acceptors (Lipinski definition) is 5. The fourth-order valence-corrected chi connectivity index (χ4v) is 2.29. The number of aromatic nitrogens is 2. The number of carbonyl (C=O) groups is 1. The average molecular weight is 288 g/mol. The summed E-state index contributed by atoms with van der Waals surface area (Å²) in [6.07, 6.45) is 0.678. The molecule has 21 heavy (non-hydrogen) atoms. The van der Waals surface area contributed by atoms with Crippen LogP contribution in [0.25, 0.3) is 0 Å². The summed E-state index contributed by atoms with van der Waals surface area (Å²) in [6.45, 7) is 2.14. The van der Waals surface area contributed by atoms with Crippen molar-refractivity contribution in [1.82, 2.24) is 9.78 Å². The Hall–Kier alpha value is -2.70. The van der Waals surface area contributed by atoms with Gasteiger partial charge in [0.2, 0.25) is 6.79 Å². The number of fused-ring (bicyclic) bond motifs is 1. The normalized spacial score (nSPS) is 12.5. The standard InChI is InChI=1S/C14H16N4O3/c1-3-9-12(15)13(18(2)17-9)14(19)16-8-4-5-10-11(6-8)21-7-20-10/h4-6H,3,7,15H2,1-2H3,(H,16,19). The number of nitrogens with zero attached hydrogens (tertiary/aromatic N) is 2. The maximum atomic E-state index is 12.4. The third kappa shape index (κ3) is 2.26. The summed E-state index contributed by atoms with van der Waals surface area (Å²) in [7, 11) is 1.70. The van der Waals surface area contributed by atoms with E-state index in [2.05, 4.69) is 10.4 Å². The second-order valence-corrected chi connectivity index (χ2v) is 4.71. The Morgan fingerprint density at radius 1 is 1.43 bits per heavy atom. The molecule has 7 heteroatoms. The number of rotatable bonds is 3. The molecule has 1 aliphatic heterocycles. The molecule has 7 nitrogen and oxygen atoms in total. The van der Waals surface area contributed by atoms with E-state index in [0.717, 1.165) is 0 Å². The lowest BCUT2D eigenvalue weighted by atomic mass is 10.2. The van der Waals surface area contributed by atoms with Crippen LogP contribution in [-0.2, 0) is 13.5 Å². The fraction of sp³-hybridized carbons (Fsp3) is 0.286. The monoisotopic (exact) mass is 288 g/mol. The first-order valence-electron chi connectivity index (χ1n) is 6.62. The zero-order chi connectivity index (χ0) is 15.0. The van der Waals surface area contributed by atoms with Gasteiger partial charge in [0.05, 0.1) is 11.4 Å². The lowest BCUT2D eigenvalue weighted by molar-refractivity contribution is 0.101. The molecule has 0 saturated carbocycles. The fourth-order valence-electron chi connectivity index (χ4n) is 2.29. The first kappa shape index (κ1) is 13.3. The molecule has 0 bridgehead atoms. The summed E-state index contributed by atoms with van der Waals surface area (Å²) < 4.78 is 12.0. The Bertz CT molecular complexity index is 708. The molecule has 0 atom stereocenters. The quantitative estimate of drug-likeness (QED) is 0.894. The Kier molecular flexibility index (Phi) is 3.17. The molecule has 1 amide bonds. The molecular formula is C14H16N4O3. The highest BCUT2D eigenvalue weighted by atomic mass is 16.7. The SMILES string of the molecule is CCc1nn(C)c(C(=O)Nc2ccc3c(c2)OCO3)c1N. The van der Waals surface area contributed by atoms with Crippen LogP contribution in [0.3, 0.4) is 0 Å². The van der Waals surface area contributed by atoms with Crippen molar-refractivity contribution in [2.75, 3.05) is 17.8 Å². The highest BCUT2D eigenvalue weighted by molar-refractivity contribution is 6.06. The molecule has 1 aliphatic rings. The van der Waals surface area contributed by atoms with Crippen molar-refractivity contribution in [3.8, 4) is 11.5 Å². The highest BCUT2D eigenvalue weighted by Gasteiger charge is 2.20. The molecule has 2 heterocycles. The number of amides is 1. The van der Waals surface area contributed by atoms with E-state index in [9.17, 15) is 4.79 Å². The van der Waals surface area contributed by atoms with E-state index in [-0.39, 0.29) is 12.7 Å². The van der Waals surface area contributed by atoms with Gasteiger partial charge >= 0.3 is 0 Å². The van der Waals surface area contributed by atoms with Crippen LogP contribution in [0, 0.1) is 0 Å². The molecular weight excluding hydrogens is 272 g/mol. The number of benzene rings is 1. The largest absolute Gasteiger partial charge is 0.454 e. The van der Waals surface area contributed by atoms with Crippen LogP contribution in [0.1, 0.15) is 23.1 Å². The zero-order valence-electron chi connectivity index (χ0n) is 11.8. The molecule has 2 aromatic rings. The molecule has 0 spiro atoms. The van der Waals surface area contributed by atoms with Gasteiger partial charge in [-0.15, -0.1) is 0 Å². The van der Waals surface area contributed by atoms with E-state index in [1.165, 1.54) is 4.68 Å². The number of ether oxygens (including phenoxy) is 2. The summed E-state index contributed by atoms with van der Waals surface area (Å²) in [5, 5.41) is 7.03. The van der Waals surface area contributed by atoms with Crippen molar-refractivity contribution in [2.45, 2.75) is 13.3 Å². The lowest BCUT2D eigenvalue weighted by Crippen LogP contribution is -2.17. The van der Waals surface area contributed by atoms with Gasteiger partial charge in [-0.3, -0.25) is 9.48 Å². The van der Waals surface area contributed by atoms with Gasteiger partial charge in [0.15, 0.2) is 11.5 Å². The summed E-state index contributed by atoms with van der Waals surface area (Å²) in [6, 6.07) is 5.22. The van der Waals surface area contributed by atoms with E-state index in [0.29, 0.717) is 40.7 Å².